The van der Waals surface area contributed by atoms with E-state index in [4.69, 9.17) is 4.74 Å². The van der Waals surface area contributed by atoms with Crippen molar-refractivity contribution in [3.63, 3.8) is 0 Å². The second-order valence-corrected chi connectivity index (χ2v) is 12.4. The maximum Gasteiger partial charge on any atom is 0.230 e. The predicted octanol–water partition coefficient (Wildman–Crippen LogP) is 6.19. The van der Waals surface area contributed by atoms with Crippen molar-refractivity contribution in [1.29, 1.82) is 0 Å². The van der Waals surface area contributed by atoms with Gasteiger partial charge in [0.2, 0.25) is 5.91 Å². The Kier molecular flexibility index (Phi) is 3.78. The molecule has 0 saturated heterocycles. The molecule has 8 bridgehead atoms. The lowest BCUT2D eigenvalue weighted by Crippen LogP contribution is -2.53. The van der Waals surface area contributed by atoms with Crippen molar-refractivity contribution in [1.82, 2.24) is 0 Å². The van der Waals surface area contributed by atoms with Gasteiger partial charge >= 0.3 is 0 Å². The minimum absolute atomic E-state index is 0.0668. The van der Waals surface area contributed by atoms with Crippen LogP contribution in [0.25, 0.3) is 0 Å². The summed E-state index contributed by atoms with van der Waals surface area (Å²) in [5.41, 5.74) is 0.904. The molecule has 1 N–H and O–H groups in total. The zero-order valence-corrected chi connectivity index (χ0v) is 18.1. The molecule has 0 aromatic heterocycles. The summed E-state index contributed by atoms with van der Waals surface area (Å²) in [6.07, 6.45) is 15.5. The summed E-state index contributed by atoms with van der Waals surface area (Å²) in [5.74, 6) is 6.29. The molecule has 0 heterocycles. The molecule has 0 atom stereocenters. The first-order valence-electron chi connectivity index (χ1n) is 12.7. The van der Waals surface area contributed by atoms with E-state index in [0.717, 1.165) is 66.2 Å². The first kappa shape index (κ1) is 18.1. The highest BCUT2D eigenvalue weighted by Gasteiger charge is 2.55. The lowest BCUT2D eigenvalue weighted by atomic mass is 9.49. The monoisotopic (exact) mass is 405 g/mol. The number of nitrogens with one attached hydrogen (secondary N) is 1. The minimum atomic E-state index is -0.0917. The molecule has 160 valence electrons. The van der Waals surface area contributed by atoms with E-state index in [-0.39, 0.29) is 16.9 Å². The normalized spacial score (nSPS) is 47.5. The van der Waals surface area contributed by atoms with Gasteiger partial charge in [0.05, 0.1) is 5.41 Å². The van der Waals surface area contributed by atoms with Crippen LogP contribution in [-0.4, -0.2) is 11.5 Å². The van der Waals surface area contributed by atoms with E-state index >= 15 is 0 Å². The van der Waals surface area contributed by atoms with E-state index in [9.17, 15) is 4.79 Å². The Morgan fingerprint density at radius 2 is 1.27 bits per heavy atom. The number of ether oxygens (including phenoxy) is 1. The molecule has 1 aromatic carbocycles. The molecule has 0 spiro atoms. The quantitative estimate of drug-likeness (QED) is 0.649. The summed E-state index contributed by atoms with van der Waals surface area (Å²) in [7, 11) is 0. The average molecular weight is 406 g/mol. The van der Waals surface area contributed by atoms with Crippen LogP contribution in [0.15, 0.2) is 24.3 Å². The number of carbonyl (C=O) groups excluding carboxylic acids is 1. The highest BCUT2D eigenvalue weighted by atomic mass is 16.5. The maximum atomic E-state index is 13.4. The zero-order chi connectivity index (χ0) is 19.9. The van der Waals surface area contributed by atoms with Gasteiger partial charge in [-0.2, -0.15) is 0 Å². The van der Waals surface area contributed by atoms with Gasteiger partial charge in [0.15, 0.2) is 0 Å². The van der Waals surface area contributed by atoms with Crippen LogP contribution in [0.1, 0.15) is 77.0 Å². The fourth-order valence-electron chi connectivity index (χ4n) is 9.70. The molecule has 8 fully saturated rings. The summed E-state index contributed by atoms with van der Waals surface area (Å²) >= 11 is 0. The van der Waals surface area contributed by atoms with Gasteiger partial charge in [-0.15, -0.1) is 0 Å². The van der Waals surface area contributed by atoms with Crippen molar-refractivity contribution in [2.45, 2.75) is 82.7 Å². The molecule has 3 nitrogen and oxygen atoms in total. The number of hydrogen-bond donors (Lipinski definition) is 1. The summed E-state index contributed by atoms with van der Waals surface area (Å²) in [4.78, 5) is 13.4. The van der Waals surface area contributed by atoms with Gasteiger partial charge in [0.1, 0.15) is 11.4 Å². The standard InChI is InChI=1S/C27H35NO2/c29-25(26-11-17-4-18(12-26)6-19(5-17)13-26)28-23-2-1-3-24(10-23)30-27-14-20-7-21(15-27)9-22(8-20)16-27/h1-3,10,17-22H,4-9,11-16H2,(H,28,29). The summed E-state index contributed by atoms with van der Waals surface area (Å²) in [6.45, 7) is 0. The number of rotatable bonds is 4. The third-order valence-corrected chi connectivity index (χ3v) is 9.93. The lowest BCUT2D eigenvalue weighted by Gasteiger charge is -2.56. The van der Waals surface area contributed by atoms with Gasteiger partial charge in [-0.3, -0.25) is 4.79 Å². The van der Waals surface area contributed by atoms with E-state index in [1.165, 1.54) is 57.8 Å². The molecule has 0 aliphatic heterocycles. The molecule has 1 aromatic rings. The van der Waals surface area contributed by atoms with E-state index in [0.29, 0.717) is 0 Å². The van der Waals surface area contributed by atoms with Gasteiger partial charge < -0.3 is 10.1 Å². The minimum Gasteiger partial charge on any atom is -0.487 e. The fraction of sp³-hybridized carbons (Fsp3) is 0.741. The first-order valence-corrected chi connectivity index (χ1v) is 12.7. The molecule has 9 rings (SSSR count). The van der Waals surface area contributed by atoms with Crippen LogP contribution in [0.4, 0.5) is 5.69 Å². The Morgan fingerprint density at radius 3 is 1.80 bits per heavy atom. The van der Waals surface area contributed by atoms with Crippen molar-refractivity contribution >= 4 is 11.6 Å². The third-order valence-electron chi connectivity index (χ3n) is 9.93. The van der Waals surface area contributed by atoms with Crippen LogP contribution in [-0.2, 0) is 4.79 Å². The van der Waals surface area contributed by atoms with Gasteiger partial charge in [-0.05, 0) is 125 Å². The van der Waals surface area contributed by atoms with Crippen molar-refractivity contribution < 1.29 is 9.53 Å². The molecule has 8 aliphatic rings. The molecular weight excluding hydrogens is 370 g/mol. The van der Waals surface area contributed by atoms with Crippen LogP contribution in [0.5, 0.6) is 5.75 Å². The van der Waals surface area contributed by atoms with Crippen LogP contribution in [0, 0.1) is 40.9 Å². The number of hydrogen-bond acceptors (Lipinski definition) is 2. The van der Waals surface area contributed by atoms with E-state index < -0.39 is 0 Å². The zero-order valence-electron chi connectivity index (χ0n) is 18.1. The number of carbonyl (C=O) groups is 1. The second-order valence-electron chi connectivity index (χ2n) is 12.4. The lowest BCUT2D eigenvalue weighted by molar-refractivity contribution is -0.140. The smallest absolute Gasteiger partial charge is 0.230 e. The maximum absolute atomic E-state index is 13.4. The van der Waals surface area contributed by atoms with Crippen LogP contribution in [0.2, 0.25) is 0 Å². The van der Waals surface area contributed by atoms with Crippen LogP contribution < -0.4 is 10.1 Å². The van der Waals surface area contributed by atoms with Gasteiger partial charge in [0.25, 0.3) is 0 Å². The van der Waals surface area contributed by atoms with Crippen LogP contribution >= 0.6 is 0 Å². The molecule has 0 unspecified atom stereocenters. The third kappa shape index (κ3) is 2.87. The number of anilines is 1. The topological polar surface area (TPSA) is 38.3 Å². The largest absolute Gasteiger partial charge is 0.487 e. The molecule has 1 amide bonds. The SMILES string of the molecule is O=C(Nc1cccc(OC23CC4CC(CC(C4)C2)C3)c1)C12CC3CC(CC(C3)C1)C2. The Bertz CT molecular complexity index is 803. The second kappa shape index (κ2) is 6.26. The Hall–Kier alpha value is -1.51. The van der Waals surface area contributed by atoms with E-state index in [2.05, 4.69) is 23.5 Å². The average Bonchev–Trinajstić information content (AvgIpc) is 2.65. The Balaban J connectivity index is 1.09. The molecule has 0 radical (unpaired) electrons. The van der Waals surface area contributed by atoms with Crippen molar-refractivity contribution in [3.05, 3.63) is 24.3 Å². The molecule has 30 heavy (non-hydrogen) atoms. The Morgan fingerprint density at radius 1 is 0.767 bits per heavy atom. The highest BCUT2D eigenvalue weighted by Crippen LogP contribution is 2.60. The molecule has 3 heteroatoms. The van der Waals surface area contributed by atoms with Crippen molar-refractivity contribution in [2.75, 3.05) is 5.32 Å². The molecule has 8 aliphatic carbocycles. The molecular formula is C27H35NO2. The summed E-state index contributed by atoms with van der Waals surface area (Å²) in [5, 5.41) is 3.33. The first-order chi connectivity index (χ1) is 14.5. The van der Waals surface area contributed by atoms with Crippen LogP contribution in [0.3, 0.4) is 0 Å². The van der Waals surface area contributed by atoms with E-state index in [1.807, 2.05) is 6.07 Å². The molecule has 8 saturated carbocycles. The van der Waals surface area contributed by atoms with Gasteiger partial charge in [0, 0.05) is 11.8 Å². The van der Waals surface area contributed by atoms with Gasteiger partial charge in [-0.25, -0.2) is 0 Å². The van der Waals surface area contributed by atoms with Gasteiger partial charge in [-0.1, -0.05) is 6.07 Å². The Labute approximate surface area is 180 Å². The summed E-state index contributed by atoms with van der Waals surface area (Å²) in [6, 6.07) is 8.30. The number of amides is 1. The summed E-state index contributed by atoms with van der Waals surface area (Å²) < 4.78 is 6.73. The number of benzene rings is 1. The van der Waals surface area contributed by atoms with E-state index in [1.54, 1.807) is 0 Å². The predicted molar refractivity (Wildman–Crippen MR) is 117 cm³/mol. The fourth-order valence-corrected chi connectivity index (χ4v) is 9.70. The van der Waals surface area contributed by atoms with Crippen molar-refractivity contribution in [3.8, 4) is 5.75 Å². The highest BCUT2D eigenvalue weighted by molar-refractivity contribution is 5.95. The van der Waals surface area contributed by atoms with Crippen molar-refractivity contribution in [2.24, 2.45) is 40.9 Å².